The molecule has 1 amide bonds. The van der Waals surface area contributed by atoms with Crippen molar-refractivity contribution in [1.29, 1.82) is 0 Å². The molecule has 2 aliphatic heterocycles. The second kappa shape index (κ2) is 7.84. The minimum Gasteiger partial charge on any atom is -0.507 e. The summed E-state index contributed by atoms with van der Waals surface area (Å²) in [5.74, 6) is -1.37. The molecule has 1 N–H and O–H groups in total. The van der Waals surface area contributed by atoms with Crippen LogP contribution in [0.5, 0.6) is 0 Å². The highest BCUT2D eigenvalue weighted by Gasteiger charge is 2.46. The number of aliphatic hydroxyl groups excluding tert-OH is 1. The predicted molar refractivity (Wildman–Crippen MR) is 110 cm³/mol. The Labute approximate surface area is 170 Å². The monoisotopic (exact) mass is 391 g/mol. The Balaban J connectivity index is 1.81. The van der Waals surface area contributed by atoms with Crippen molar-refractivity contribution in [3.63, 3.8) is 0 Å². The lowest BCUT2D eigenvalue weighted by Gasteiger charge is -2.27. The van der Waals surface area contributed by atoms with Gasteiger partial charge in [0.1, 0.15) is 5.76 Å². The number of ketones is 1. The maximum atomic E-state index is 13.0. The van der Waals surface area contributed by atoms with E-state index >= 15 is 0 Å². The van der Waals surface area contributed by atoms with E-state index in [1.807, 2.05) is 50.2 Å². The molecule has 2 aliphatic rings. The molecule has 2 saturated heterocycles. The van der Waals surface area contributed by atoms with Gasteiger partial charge in [-0.1, -0.05) is 59.7 Å². The van der Waals surface area contributed by atoms with Gasteiger partial charge >= 0.3 is 0 Å². The van der Waals surface area contributed by atoms with E-state index in [0.29, 0.717) is 18.7 Å². The number of carbonyl (C=O) groups excluding carboxylic acids is 2. The van der Waals surface area contributed by atoms with Gasteiger partial charge in [0.05, 0.1) is 17.7 Å². The van der Waals surface area contributed by atoms with E-state index in [9.17, 15) is 14.7 Å². The predicted octanol–water partition coefficient (Wildman–Crippen LogP) is 3.90. The van der Waals surface area contributed by atoms with Gasteiger partial charge in [0.25, 0.3) is 11.7 Å². The number of carbonyl (C=O) groups is 2. The fourth-order valence-electron chi connectivity index (χ4n) is 4.04. The van der Waals surface area contributed by atoms with Crippen LogP contribution in [0, 0.1) is 13.8 Å². The van der Waals surface area contributed by atoms with Crippen LogP contribution in [0.4, 0.5) is 0 Å². The van der Waals surface area contributed by atoms with E-state index in [0.717, 1.165) is 29.5 Å². The maximum absolute atomic E-state index is 13.0. The molecule has 150 valence electrons. The summed E-state index contributed by atoms with van der Waals surface area (Å²) in [6, 6.07) is 14.4. The number of aliphatic hydroxyl groups is 1. The first-order valence-corrected chi connectivity index (χ1v) is 9.99. The number of hydrogen-bond acceptors (Lipinski definition) is 4. The largest absolute Gasteiger partial charge is 0.507 e. The lowest BCUT2D eigenvalue weighted by molar-refractivity contribution is -0.140. The lowest BCUT2D eigenvalue weighted by Crippen LogP contribution is -2.36. The molecule has 2 fully saturated rings. The maximum Gasteiger partial charge on any atom is 0.295 e. The molecule has 2 aromatic carbocycles. The van der Waals surface area contributed by atoms with E-state index in [2.05, 4.69) is 0 Å². The minimum absolute atomic E-state index is 0.0828. The van der Waals surface area contributed by atoms with Gasteiger partial charge in [0.15, 0.2) is 0 Å². The van der Waals surface area contributed by atoms with Crippen LogP contribution in [-0.4, -0.2) is 41.0 Å². The molecule has 5 heteroatoms. The third-order valence-corrected chi connectivity index (χ3v) is 5.68. The van der Waals surface area contributed by atoms with Gasteiger partial charge in [0.2, 0.25) is 0 Å². The van der Waals surface area contributed by atoms with Crippen molar-refractivity contribution in [2.45, 2.75) is 38.8 Å². The van der Waals surface area contributed by atoms with E-state index in [-0.39, 0.29) is 17.4 Å². The number of likely N-dealkylation sites (tertiary alicyclic amines) is 1. The molecule has 2 atom stereocenters. The van der Waals surface area contributed by atoms with Crippen LogP contribution in [0.1, 0.15) is 41.1 Å². The third kappa shape index (κ3) is 3.70. The molecule has 2 heterocycles. The van der Waals surface area contributed by atoms with Crippen LogP contribution in [0.2, 0.25) is 0 Å². The number of Topliss-reactive ketones (excluding diaryl/α,β-unsaturated/α-hetero) is 1. The quantitative estimate of drug-likeness (QED) is 0.488. The molecule has 0 aromatic heterocycles. The fourth-order valence-corrected chi connectivity index (χ4v) is 4.04. The molecular formula is C24H25NO4. The van der Waals surface area contributed by atoms with Gasteiger partial charge in [0, 0.05) is 18.7 Å². The highest BCUT2D eigenvalue weighted by molar-refractivity contribution is 6.46. The average Bonchev–Trinajstić information content (AvgIpc) is 3.31. The summed E-state index contributed by atoms with van der Waals surface area (Å²) < 4.78 is 5.71. The first kappa shape index (κ1) is 19.4. The number of rotatable bonds is 4. The molecule has 4 rings (SSSR count). The van der Waals surface area contributed by atoms with Crippen molar-refractivity contribution in [1.82, 2.24) is 4.90 Å². The lowest BCUT2D eigenvalue weighted by atomic mass is 9.94. The molecule has 2 aromatic rings. The molecule has 5 nitrogen and oxygen atoms in total. The highest BCUT2D eigenvalue weighted by atomic mass is 16.5. The van der Waals surface area contributed by atoms with Crippen LogP contribution in [-0.2, 0) is 14.3 Å². The normalized spacial score (nSPS) is 23.7. The number of amides is 1. The molecule has 0 saturated carbocycles. The molecular weight excluding hydrogens is 366 g/mol. The van der Waals surface area contributed by atoms with Gasteiger partial charge in [-0.25, -0.2) is 0 Å². The highest BCUT2D eigenvalue weighted by Crippen LogP contribution is 2.40. The second-order valence-corrected chi connectivity index (χ2v) is 7.86. The van der Waals surface area contributed by atoms with Crippen LogP contribution in [0.3, 0.4) is 0 Å². The van der Waals surface area contributed by atoms with Crippen LogP contribution < -0.4 is 0 Å². The van der Waals surface area contributed by atoms with E-state index in [4.69, 9.17) is 4.74 Å². The Bertz CT molecular complexity index is 953. The minimum atomic E-state index is -0.647. The zero-order valence-electron chi connectivity index (χ0n) is 16.7. The Hall–Kier alpha value is -2.92. The summed E-state index contributed by atoms with van der Waals surface area (Å²) in [5.41, 5.74) is 3.61. The number of nitrogens with zero attached hydrogens (tertiary/aromatic N) is 1. The zero-order valence-corrected chi connectivity index (χ0v) is 16.7. The SMILES string of the molecule is Cc1ccc(/C(O)=C2\C(=O)C(=O)N(CC3CCCO3)C2c2ccc(C)cc2)cc1. The van der Waals surface area contributed by atoms with Crippen molar-refractivity contribution < 1.29 is 19.4 Å². The number of hydrogen-bond donors (Lipinski definition) is 1. The Kier molecular flexibility index (Phi) is 5.24. The molecule has 0 aliphatic carbocycles. The van der Waals surface area contributed by atoms with Crippen molar-refractivity contribution in [3.8, 4) is 0 Å². The van der Waals surface area contributed by atoms with Gasteiger partial charge in [-0.05, 0) is 32.3 Å². The molecule has 0 bridgehead atoms. The second-order valence-electron chi connectivity index (χ2n) is 7.86. The molecule has 29 heavy (non-hydrogen) atoms. The zero-order chi connectivity index (χ0) is 20.5. The van der Waals surface area contributed by atoms with Gasteiger partial charge in [-0.15, -0.1) is 0 Å². The summed E-state index contributed by atoms with van der Waals surface area (Å²) in [6.45, 7) is 4.96. The van der Waals surface area contributed by atoms with Crippen LogP contribution in [0.15, 0.2) is 54.1 Å². The number of aryl methyl sites for hydroxylation is 2. The average molecular weight is 391 g/mol. The Morgan fingerprint density at radius 3 is 2.24 bits per heavy atom. The summed E-state index contributed by atoms with van der Waals surface area (Å²) >= 11 is 0. The van der Waals surface area contributed by atoms with Crippen molar-refractivity contribution in [2.24, 2.45) is 0 Å². The smallest absolute Gasteiger partial charge is 0.295 e. The van der Waals surface area contributed by atoms with E-state index in [1.54, 1.807) is 17.0 Å². The summed E-state index contributed by atoms with van der Waals surface area (Å²) in [4.78, 5) is 27.4. The first-order valence-electron chi connectivity index (χ1n) is 9.99. The topological polar surface area (TPSA) is 66.8 Å². The van der Waals surface area contributed by atoms with Gasteiger partial charge in [-0.2, -0.15) is 0 Å². The molecule has 2 unspecified atom stereocenters. The van der Waals surface area contributed by atoms with Crippen molar-refractivity contribution in [2.75, 3.05) is 13.2 Å². The number of benzene rings is 2. The van der Waals surface area contributed by atoms with Crippen molar-refractivity contribution in [3.05, 3.63) is 76.4 Å². The first-order chi connectivity index (χ1) is 14.0. The molecule has 0 radical (unpaired) electrons. The van der Waals surface area contributed by atoms with Gasteiger partial charge in [-0.3, -0.25) is 9.59 Å². The van der Waals surface area contributed by atoms with Crippen LogP contribution in [0.25, 0.3) is 5.76 Å². The van der Waals surface area contributed by atoms with Crippen LogP contribution >= 0.6 is 0 Å². The number of ether oxygens (including phenoxy) is 1. The van der Waals surface area contributed by atoms with E-state index in [1.165, 1.54) is 0 Å². The Morgan fingerprint density at radius 2 is 1.66 bits per heavy atom. The third-order valence-electron chi connectivity index (χ3n) is 5.68. The van der Waals surface area contributed by atoms with Gasteiger partial charge < -0.3 is 14.7 Å². The van der Waals surface area contributed by atoms with Crippen molar-refractivity contribution >= 4 is 17.4 Å². The molecule has 0 spiro atoms. The van der Waals surface area contributed by atoms with E-state index < -0.39 is 17.7 Å². The summed E-state index contributed by atoms with van der Waals surface area (Å²) in [6.07, 6.45) is 1.73. The standard InChI is InChI=1S/C24H25NO4/c1-15-5-9-17(10-6-15)21-20(22(26)18-11-7-16(2)8-12-18)23(27)24(28)25(21)14-19-4-3-13-29-19/h5-12,19,21,26H,3-4,13-14H2,1-2H3/b22-20+. The summed E-state index contributed by atoms with van der Waals surface area (Å²) in [7, 11) is 0. The fraction of sp³-hybridized carbons (Fsp3) is 0.333. The Morgan fingerprint density at radius 1 is 1.03 bits per heavy atom. The summed E-state index contributed by atoms with van der Waals surface area (Å²) in [5, 5.41) is 11.0.